The van der Waals surface area contributed by atoms with Crippen LogP contribution in [0, 0.1) is 5.92 Å². The molecule has 1 aromatic heterocycles. The molecular formula is C12H23N3O. The monoisotopic (exact) mass is 225 g/mol. The molecule has 16 heavy (non-hydrogen) atoms. The van der Waals surface area contributed by atoms with Crippen LogP contribution in [0.4, 0.5) is 0 Å². The van der Waals surface area contributed by atoms with Crippen molar-refractivity contribution in [3.05, 3.63) is 12.2 Å². The Morgan fingerprint density at radius 3 is 2.75 bits per heavy atom. The molecule has 4 nitrogen and oxygen atoms in total. The van der Waals surface area contributed by atoms with Crippen LogP contribution < -0.4 is 5.32 Å². The van der Waals surface area contributed by atoms with Gasteiger partial charge in [0.2, 0.25) is 5.89 Å². The Hall–Kier alpha value is -0.900. The lowest BCUT2D eigenvalue weighted by Crippen LogP contribution is -2.31. The smallest absolute Gasteiger partial charge is 0.227 e. The summed E-state index contributed by atoms with van der Waals surface area (Å²) in [6.07, 6.45) is 5.94. The van der Waals surface area contributed by atoms with E-state index in [2.05, 4.69) is 36.2 Å². The fourth-order valence-electron chi connectivity index (χ4n) is 1.74. The third kappa shape index (κ3) is 4.75. The molecule has 1 N–H and O–H groups in total. The van der Waals surface area contributed by atoms with E-state index in [0.29, 0.717) is 11.9 Å². The van der Waals surface area contributed by atoms with Gasteiger partial charge in [-0.1, -0.05) is 32.3 Å². The fourth-order valence-corrected chi connectivity index (χ4v) is 1.74. The van der Waals surface area contributed by atoms with Gasteiger partial charge in [-0.15, -0.1) is 0 Å². The molecule has 1 heterocycles. The quantitative estimate of drug-likeness (QED) is 0.738. The minimum absolute atomic E-state index is 0.609. The molecule has 2 atom stereocenters. The van der Waals surface area contributed by atoms with Gasteiger partial charge in [0, 0.05) is 19.0 Å². The summed E-state index contributed by atoms with van der Waals surface area (Å²) in [6.45, 7) is 7.70. The average molecular weight is 225 g/mol. The Labute approximate surface area is 97.8 Å². The highest BCUT2D eigenvalue weighted by Crippen LogP contribution is 2.11. The van der Waals surface area contributed by atoms with Crippen LogP contribution in [0.5, 0.6) is 0 Å². The maximum absolute atomic E-state index is 4.95. The molecule has 92 valence electrons. The summed E-state index contributed by atoms with van der Waals surface area (Å²) in [5, 5.41) is 7.13. The zero-order valence-corrected chi connectivity index (χ0v) is 10.6. The van der Waals surface area contributed by atoms with E-state index in [1.54, 1.807) is 0 Å². The summed E-state index contributed by atoms with van der Waals surface area (Å²) >= 11 is 0. The lowest BCUT2D eigenvalue weighted by Gasteiger charge is -2.19. The Morgan fingerprint density at radius 2 is 2.19 bits per heavy atom. The van der Waals surface area contributed by atoms with Gasteiger partial charge < -0.3 is 9.84 Å². The largest absolute Gasteiger partial charge is 0.340 e. The first-order valence-corrected chi connectivity index (χ1v) is 6.25. The predicted octanol–water partition coefficient (Wildman–Crippen LogP) is 2.42. The fraction of sp³-hybridized carbons (Fsp3) is 0.833. The molecule has 1 aromatic rings. The highest BCUT2D eigenvalue weighted by atomic mass is 16.5. The minimum Gasteiger partial charge on any atom is -0.340 e. The summed E-state index contributed by atoms with van der Waals surface area (Å²) < 4.78 is 4.95. The van der Waals surface area contributed by atoms with Gasteiger partial charge in [-0.2, -0.15) is 4.98 Å². The van der Waals surface area contributed by atoms with Crippen molar-refractivity contribution in [1.29, 1.82) is 0 Å². The van der Waals surface area contributed by atoms with Crippen LogP contribution in [0.2, 0.25) is 0 Å². The van der Waals surface area contributed by atoms with Gasteiger partial charge in [-0.25, -0.2) is 0 Å². The van der Waals surface area contributed by atoms with Crippen molar-refractivity contribution in [1.82, 2.24) is 15.5 Å². The molecule has 0 aliphatic heterocycles. The van der Waals surface area contributed by atoms with Gasteiger partial charge >= 0.3 is 0 Å². The zero-order chi connectivity index (χ0) is 11.8. The van der Waals surface area contributed by atoms with Crippen LogP contribution in [0.3, 0.4) is 0 Å². The van der Waals surface area contributed by atoms with E-state index in [4.69, 9.17) is 4.52 Å². The number of nitrogens with zero attached hydrogens (tertiary/aromatic N) is 2. The lowest BCUT2D eigenvalue weighted by atomic mass is 9.98. The van der Waals surface area contributed by atoms with Gasteiger partial charge in [-0.3, -0.25) is 0 Å². The summed E-state index contributed by atoms with van der Waals surface area (Å²) in [5.74, 6) is 1.51. The zero-order valence-electron chi connectivity index (χ0n) is 10.6. The molecule has 0 saturated carbocycles. The van der Waals surface area contributed by atoms with E-state index < -0.39 is 0 Å². The molecule has 0 aromatic carbocycles. The Balaban J connectivity index is 2.18. The first kappa shape index (κ1) is 13.2. The van der Waals surface area contributed by atoms with Crippen molar-refractivity contribution >= 4 is 0 Å². The molecule has 4 heteroatoms. The first-order valence-electron chi connectivity index (χ1n) is 6.25. The van der Waals surface area contributed by atoms with E-state index >= 15 is 0 Å². The summed E-state index contributed by atoms with van der Waals surface area (Å²) in [7, 11) is 0. The molecule has 0 radical (unpaired) electrons. The molecule has 0 spiro atoms. The molecular weight excluding hydrogens is 202 g/mol. The summed E-state index contributed by atoms with van der Waals surface area (Å²) in [5.41, 5.74) is 0. The SMILES string of the molecule is CCC(C)CC(CC)NCCc1ncno1. The van der Waals surface area contributed by atoms with Crippen molar-refractivity contribution in [3.8, 4) is 0 Å². The number of nitrogens with one attached hydrogen (secondary N) is 1. The summed E-state index contributed by atoms with van der Waals surface area (Å²) in [4.78, 5) is 4.00. The van der Waals surface area contributed by atoms with Crippen molar-refractivity contribution in [3.63, 3.8) is 0 Å². The van der Waals surface area contributed by atoms with Gasteiger partial charge in [0.1, 0.15) is 0 Å². The van der Waals surface area contributed by atoms with Gasteiger partial charge in [0.15, 0.2) is 6.33 Å². The molecule has 0 aliphatic carbocycles. The van der Waals surface area contributed by atoms with Gasteiger partial charge in [0.25, 0.3) is 0 Å². The van der Waals surface area contributed by atoms with Gasteiger partial charge in [0.05, 0.1) is 0 Å². The third-order valence-electron chi connectivity index (χ3n) is 3.06. The van der Waals surface area contributed by atoms with Crippen molar-refractivity contribution in [2.24, 2.45) is 5.92 Å². The molecule has 0 bridgehead atoms. The second kappa shape index (κ2) is 7.39. The minimum atomic E-state index is 0.609. The van der Waals surface area contributed by atoms with E-state index in [-0.39, 0.29) is 0 Å². The van der Waals surface area contributed by atoms with Crippen molar-refractivity contribution < 1.29 is 4.52 Å². The highest BCUT2D eigenvalue weighted by Gasteiger charge is 2.10. The van der Waals surface area contributed by atoms with Crippen molar-refractivity contribution in [2.75, 3.05) is 6.54 Å². The van der Waals surface area contributed by atoms with Crippen LogP contribution in [0.15, 0.2) is 10.9 Å². The second-order valence-electron chi connectivity index (χ2n) is 4.39. The van der Waals surface area contributed by atoms with Crippen LogP contribution in [-0.4, -0.2) is 22.7 Å². The first-order chi connectivity index (χ1) is 7.76. The highest BCUT2D eigenvalue weighted by molar-refractivity contribution is 4.77. The Bertz CT molecular complexity index is 261. The lowest BCUT2D eigenvalue weighted by molar-refractivity contribution is 0.356. The van der Waals surface area contributed by atoms with Crippen LogP contribution in [0.25, 0.3) is 0 Å². The predicted molar refractivity (Wildman–Crippen MR) is 64.2 cm³/mol. The van der Waals surface area contributed by atoms with Crippen LogP contribution in [-0.2, 0) is 6.42 Å². The average Bonchev–Trinajstić information content (AvgIpc) is 2.80. The van der Waals surface area contributed by atoms with Crippen molar-refractivity contribution in [2.45, 2.75) is 52.5 Å². The Kier molecular flexibility index (Phi) is 6.08. The summed E-state index contributed by atoms with van der Waals surface area (Å²) in [6, 6.07) is 0.609. The Morgan fingerprint density at radius 1 is 1.38 bits per heavy atom. The van der Waals surface area contributed by atoms with Crippen LogP contribution >= 0.6 is 0 Å². The maximum Gasteiger partial charge on any atom is 0.227 e. The molecule has 0 saturated heterocycles. The van der Waals surface area contributed by atoms with E-state index in [9.17, 15) is 0 Å². The number of hydrogen-bond acceptors (Lipinski definition) is 4. The van der Waals surface area contributed by atoms with Crippen LogP contribution in [0.1, 0.15) is 45.9 Å². The second-order valence-corrected chi connectivity index (χ2v) is 4.39. The molecule has 2 unspecified atom stereocenters. The molecule has 0 amide bonds. The number of hydrogen-bond donors (Lipinski definition) is 1. The van der Waals surface area contributed by atoms with E-state index in [0.717, 1.165) is 18.9 Å². The topological polar surface area (TPSA) is 51.0 Å². The number of rotatable bonds is 8. The normalized spacial score (nSPS) is 14.9. The third-order valence-corrected chi connectivity index (χ3v) is 3.06. The van der Waals surface area contributed by atoms with Gasteiger partial charge in [-0.05, 0) is 18.8 Å². The molecule has 0 aliphatic rings. The molecule has 1 rings (SSSR count). The van der Waals surface area contributed by atoms with E-state index in [1.165, 1.54) is 25.6 Å². The number of aromatic nitrogens is 2. The standard InChI is InChI=1S/C12H23N3O/c1-4-10(3)8-11(5-2)13-7-6-12-14-9-15-16-12/h9-11,13H,4-8H2,1-3H3. The molecule has 0 fully saturated rings. The maximum atomic E-state index is 4.95. The van der Waals surface area contributed by atoms with E-state index in [1.807, 2.05) is 0 Å².